The first-order valence-corrected chi connectivity index (χ1v) is 44.5. The third-order valence-corrected chi connectivity index (χ3v) is 23.9. The number of phenolic OH excluding ortho intramolecular Hbond substituents is 2. The van der Waals surface area contributed by atoms with Gasteiger partial charge in [-0.15, -0.1) is 11.8 Å². The Morgan fingerprint density at radius 1 is 0.496 bits per heavy atom. The summed E-state index contributed by atoms with van der Waals surface area (Å²) in [5, 5.41) is 48.0. The normalized spacial score (nSPS) is 25.0. The van der Waals surface area contributed by atoms with Gasteiger partial charge in [-0.25, -0.2) is 0 Å². The van der Waals surface area contributed by atoms with Gasteiger partial charge in [0.15, 0.2) is 0 Å². The van der Waals surface area contributed by atoms with E-state index in [4.69, 9.17) is 22.9 Å². The molecule has 4 aromatic rings. The van der Waals surface area contributed by atoms with Crippen LogP contribution < -0.4 is 76.1 Å². The quantitative estimate of drug-likeness (QED) is 0.0378. The highest BCUT2D eigenvalue weighted by molar-refractivity contribution is 8.00. The second-order valence-electron chi connectivity index (χ2n) is 33.6. The van der Waals surface area contributed by atoms with Gasteiger partial charge in [-0.1, -0.05) is 110 Å². The molecule has 0 unspecified atom stereocenters. The zero-order chi connectivity index (χ0) is 93.6. The number of carbonyl (C=O) groups is 17. The lowest BCUT2D eigenvalue weighted by molar-refractivity contribution is -0.149. The summed E-state index contributed by atoms with van der Waals surface area (Å²) in [6.45, 7) is 10.6. The SMILES string of the molecule is CCCC[C@H]1C(=O)N(C)[C@@H](CCCC)C(=O)N[C@@H](CC(C)C)C(=O)N[C@H](C(=O)NCC(N)=O)CSCC(=O)N[C@@H](Cc2ccc(O)cc2)C(=O)N(C)[C@@H](C)C(=O)N[C@H](CC(N)=O)C(=O)N2CCC[C@H]2C(=O)N[C@@H](CN)C(=O)N[C@@H](CC(C)C)C(=O)N2CCC[C@H]2C(=O)N[C@@H](Cc2c[nH]c3ccccc23)C(=O)N[C@@H](CCN)C(=O)N[C@@H](Cc2ccc(O)cc2)C(=O)N1C. The summed E-state index contributed by atoms with van der Waals surface area (Å²) >= 11 is 0.800. The molecule has 7 rings (SSSR count). The molecule has 21 N–H and O–H groups in total. The summed E-state index contributed by atoms with van der Waals surface area (Å²) < 4.78 is 0. The van der Waals surface area contributed by atoms with Gasteiger partial charge in [0, 0.05) is 82.9 Å². The lowest BCUT2D eigenvalue weighted by Gasteiger charge is -2.36. The number of amides is 17. The van der Waals surface area contributed by atoms with Crippen molar-refractivity contribution in [1.82, 2.24) is 82.7 Å². The Morgan fingerprint density at radius 2 is 0.969 bits per heavy atom. The molecule has 4 heterocycles. The van der Waals surface area contributed by atoms with E-state index in [1.54, 1.807) is 58.2 Å². The maximum Gasteiger partial charge on any atom is 0.246 e. The monoisotopic (exact) mass is 1790 g/mol. The number of fused-ring (bicyclic) bond motifs is 3. The lowest BCUT2D eigenvalue weighted by atomic mass is 9.99. The minimum absolute atomic E-state index is 0.00883. The molecule has 3 aliphatic rings. The maximum absolute atomic E-state index is 15.6. The summed E-state index contributed by atoms with van der Waals surface area (Å²) in [5.74, 6) is -16.6. The maximum atomic E-state index is 15.6. The van der Waals surface area contributed by atoms with Crippen molar-refractivity contribution in [2.24, 2.45) is 34.8 Å². The van der Waals surface area contributed by atoms with Crippen molar-refractivity contribution in [2.45, 2.75) is 242 Å². The van der Waals surface area contributed by atoms with Gasteiger partial charge in [-0.3, -0.25) is 81.5 Å². The number of hydrogen-bond donors (Lipinski definition) is 17. The van der Waals surface area contributed by atoms with Crippen molar-refractivity contribution in [1.29, 1.82) is 0 Å². The van der Waals surface area contributed by atoms with E-state index in [-0.39, 0.29) is 119 Å². The van der Waals surface area contributed by atoms with E-state index < -0.39 is 210 Å². The van der Waals surface area contributed by atoms with Gasteiger partial charge in [0.1, 0.15) is 96.1 Å². The number of nitrogens with two attached hydrogens (primary N) is 4. The van der Waals surface area contributed by atoms with Crippen molar-refractivity contribution in [3.8, 4) is 11.5 Å². The van der Waals surface area contributed by atoms with Crippen molar-refractivity contribution in [3.05, 3.63) is 95.7 Å². The van der Waals surface area contributed by atoms with Crippen molar-refractivity contribution in [2.75, 3.05) is 65.4 Å². The zero-order valence-electron chi connectivity index (χ0n) is 74.0. The largest absolute Gasteiger partial charge is 0.508 e. The number of nitrogens with one attached hydrogen (secondary N) is 11. The molecule has 3 aromatic carbocycles. The van der Waals surface area contributed by atoms with Crippen LogP contribution in [0.2, 0.25) is 0 Å². The van der Waals surface area contributed by atoms with Gasteiger partial charge in [-0.2, -0.15) is 0 Å². The number of likely N-dealkylation sites (N-methyl/N-ethyl adjacent to an activating group) is 3. The van der Waals surface area contributed by atoms with Gasteiger partial charge >= 0.3 is 0 Å². The van der Waals surface area contributed by atoms with E-state index >= 15 is 33.6 Å². The van der Waals surface area contributed by atoms with Crippen LogP contribution in [0.4, 0.5) is 0 Å². The molecule has 127 heavy (non-hydrogen) atoms. The lowest BCUT2D eigenvalue weighted by Crippen LogP contribution is -2.62. The molecule has 0 saturated carbocycles. The second-order valence-corrected chi connectivity index (χ2v) is 34.6. The number of aromatic amines is 1. The number of aromatic nitrogens is 1. The highest BCUT2D eigenvalue weighted by Gasteiger charge is 2.45. The fourth-order valence-corrected chi connectivity index (χ4v) is 16.5. The number of H-pyrrole nitrogens is 1. The molecular weight excluding hydrogens is 1660 g/mol. The van der Waals surface area contributed by atoms with Gasteiger partial charge < -0.3 is 116 Å². The molecule has 3 aliphatic heterocycles. The van der Waals surface area contributed by atoms with Gasteiger partial charge in [0.2, 0.25) is 100 Å². The van der Waals surface area contributed by atoms with Crippen LogP contribution in [-0.2, 0) is 101 Å². The van der Waals surface area contributed by atoms with Crippen LogP contribution in [0.3, 0.4) is 0 Å². The minimum Gasteiger partial charge on any atom is -0.508 e. The van der Waals surface area contributed by atoms with Gasteiger partial charge in [0.05, 0.1) is 18.7 Å². The standard InChI is InChI=1S/C87H128N20O19S/c1-11-13-21-67-80(119)96-59(37-48(3)4)77(116)102-66(75(114)93-45-72(91)111)46-127-47-73(112)94-62(39-51-25-29-54(108)30-26-51)83(122)103(8)50(7)74(113)98-64(42-71(90)110)86(125)107-36-18-24-69(107)82(121)101-65(43-89)79(118)99-61(38-49(5)6)85(124)106-35-17-23-68(106)81(120)97-60(41-53-44-92-57-20-16-15-19-56(53)57)78(117)95-58(33-34-88)76(115)100-63(40-52-27-31-55(109)32-28-52)84(123)105(10)70(22-14-12-2)87(126)104(67)9/h15-16,19-20,25-32,44,48-50,58-70,92,108-109H,11-14,17-18,21-24,33-43,45-47,88-89H2,1-10H3,(H2,90,110)(H2,91,111)(H,93,114)(H,94,112)(H,95,117)(H,96,119)(H,97,120)(H,98,113)(H,99,118)(H,100,115)(H,101,121)(H,102,116)/t50-,58-,59-,60-,61-,62-,63-,64+,65-,66-,67-,68-,69-,70-/m0/s1. The Morgan fingerprint density at radius 3 is 1.52 bits per heavy atom. The van der Waals surface area contributed by atoms with Crippen LogP contribution in [0.25, 0.3) is 10.9 Å². The molecule has 3 saturated heterocycles. The van der Waals surface area contributed by atoms with E-state index in [9.17, 15) is 58.2 Å². The fraction of sp³-hybridized carbons (Fsp3) is 0.575. The van der Waals surface area contributed by atoms with Crippen molar-refractivity contribution >= 4 is 123 Å². The summed E-state index contributed by atoms with van der Waals surface area (Å²) in [6.07, 6.45) is 2.41. The molecule has 40 heteroatoms. The van der Waals surface area contributed by atoms with Crippen LogP contribution >= 0.6 is 11.8 Å². The van der Waals surface area contributed by atoms with Crippen molar-refractivity contribution < 1.29 is 91.7 Å². The first-order chi connectivity index (χ1) is 60.3. The Hall–Kier alpha value is -11.9. The molecule has 0 spiro atoms. The van der Waals surface area contributed by atoms with E-state index in [0.717, 1.165) is 21.6 Å². The average molecular weight is 1790 g/mol. The van der Waals surface area contributed by atoms with Crippen LogP contribution in [0.15, 0.2) is 79.0 Å². The van der Waals surface area contributed by atoms with E-state index in [1.165, 1.54) is 91.3 Å². The molecule has 1 aromatic heterocycles. The number of aromatic hydroxyl groups is 2. The Labute approximate surface area is 743 Å². The topological polar surface area (TPSA) is 587 Å². The molecule has 3 fully saturated rings. The number of hydrogen-bond acceptors (Lipinski definition) is 22. The third-order valence-electron chi connectivity index (χ3n) is 22.8. The number of benzene rings is 3. The Kier molecular flexibility index (Phi) is 39.6. The Bertz CT molecular complexity index is 4530. The van der Waals surface area contributed by atoms with Gasteiger partial charge in [-0.05, 0) is 130 Å². The molecule has 0 radical (unpaired) electrons. The predicted molar refractivity (Wildman–Crippen MR) is 472 cm³/mol. The number of carbonyl (C=O) groups excluding carboxylic acids is 17. The smallest absolute Gasteiger partial charge is 0.246 e. The number of thioether (sulfide) groups is 1. The number of para-hydroxylation sites is 1. The first-order valence-electron chi connectivity index (χ1n) is 43.4. The van der Waals surface area contributed by atoms with Crippen molar-refractivity contribution in [3.63, 3.8) is 0 Å². The zero-order valence-corrected chi connectivity index (χ0v) is 74.8. The molecule has 0 aliphatic carbocycles. The number of primary amides is 2. The summed E-state index contributed by atoms with van der Waals surface area (Å²) in [7, 11) is 3.98. The highest BCUT2D eigenvalue weighted by atomic mass is 32.2. The van der Waals surface area contributed by atoms with Crippen LogP contribution in [0.1, 0.15) is 155 Å². The molecule has 696 valence electrons. The highest BCUT2D eigenvalue weighted by Crippen LogP contribution is 2.27. The number of phenols is 2. The van der Waals surface area contributed by atoms with E-state index in [1.807, 2.05) is 13.8 Å². The third kappa shape index (κ3) is 29.6. The van der Waals surface area contributed by atoms with Crippen LogP contribution in [0, 0.1) is 11.8 Å². The molecule has 17 amide bonds. The summed E-state index contributed by atoms with van der Waals surface area (Å²) in [6, 6.07) is -1.69. The Balaban J connectivity index is 1.29. The van der Waals surface area contributed by atoms with Gasteiger partial charge in [0.25, 0.3) is 0 Å². The fourth-order valence-electron chi connectivity index (χ4n) is 15.7. The second kappa shape index (κ2) is 49.2. The summed E-state index contributed by atoms with van der Waals surface area (Å²) in [5.41, 5.74) is 25.6. The van der Waals surface area contributed by atoms with E-state index in [2.05, 4.69) is 58.2 Å². The molecule has 14 atom stereocenters. The minimum atomic E-state index is -1.74. The molecule has 0 bridgehead atoms. The summed E-state index contributed by atoms with van der Waals surface area (Å²) in [4.78, 5) is 256. The first kappa shape index (κ1) is 102. The predicted octanol–water partition coefficient (Wildman–Crippen LogP) is -1.54. The number of nitrogens with zero attached hydrogens (tertiary/aromatic N) is 5. The van der Waals surface area contributed by atoms with E-state index in [0.29, 0.717) is 59.7 Å². The average Bonchev–Trinajstić information content (AvgIpc) is 1.79. The molecule has 39 nitrogen and oxygen atoms in total. The number of unbranched alkanes of at least 4 members (excludes halogenated alkanes) is 2. The number of rotatable bonds is 24. The molecular formula is C87H128N20O19S. The van der Waals surface area contributed by atoms with Crippen LogP contribution in [0.5, 0.6) is 11.5 Å². The van der Waals surface area contributed by atoms with Crippen LogP contribution in [-0.4, -0.2) is 290 Å².